The van der Waals surface area contributed by atoms with Gasteiger partial charge < -0.3 is 14.6 Å². The molecule has 0 atom stereocenters. The topological polar surface area (TPSA) is 89.9 Å². The maximum Gasteiger partial charge on any atom is 0.193 e. The monoisotopic (exact) mass is 570 g/mol. The molecular weight excluding hydrogens is 540 g/mol. The number of hydrogen-bond acceptors (Lipinski definition) is 6. The number of aromatic hydroxyl groups is 1. The van der Waals surface area contributed by atoms with Crippen LogP contribution in [0.4, 0.5) is 0 Å². The van der Waals surface area contributed by atoms with Gasteiger partial charge in [0.15, 0.2) is 17.3 Å². The Balaban J connectivity index is 1.21. The van der Waals surface area contributed by atoms with Crippen molar-refractivity contribution in [3.8, 4) is 17.2 Å². The molecule has 214 valence electrons. The van der Waals surface area contributed by atoms with Crippen LogP contribution >= 0.6 is 0 Å². The molecule has 0 aromatic heterocycles. The average molecular weight is 571 g/mol. The number of ether oxygens (including phenoxy) is 2. The van der Waals surface area contributed by atoms with E-state index >= 15 is 0 Å². The number of ketones is 3. The van der Waals surface area contributed by atoms with Gasteiger partial charge in [0.05, 0.1) is 5.60 Å². The quantitative estimate of drug-likeness (QED) is 0.173. The average Bonchev–Trinajstić information content (AvgIpc) is 3.05. The Bertz CT molecular complexity index is 1750. The lowest BCUT2D eigenvalue weighted by molar-refractivity contribution is 0.0192. The molecule has 0 fully saturated rings. The molecule has 0 saturated heterocycles. The van der Waals surface area contributed by atoms with E-state index in [0.29, 0.717) is 44.9 Å². The number of hydrogen-bond donors (Lipinski definition) is 1. The summed E-state index contributed by atoms with van der Waals surface area (Å²) in [5.41, 5.74) is 3.51. The zero-order chi connectivity index (χ0) is 30.6. The Morgan fingerprint density at radius 1 is 0.488 bits per heavy atom. The van der Waals surface area contributed by atoms with Gasteiger partial charge in [0.1, 0.15) is 17.2 Å². The summed E-state index contributed by atoms with van der Waals surface area (Å²) in [6, 6.07) is 33.6. The number of rotatable bonds is 10. The minimum Gasteiger partial charge on any atom is -0.508 e. The SMILES string of the molecule is COC(C)(C)c1ccc(C(=O)c2ccc(C(=O)c3ccc(Oc4ccc(C(=O)c5ccc(O)cc5)cc4)cc3)cc2)cc1. The maximum absolute atomic E-state index is 13.1. The van der Waals surface area contributed by atoms with Crippen molar-refractivity contribution < 1.29 is 29.0 Å². The molecule has 0 saturated carbocycles. The van der Waals surface area contributed by atoms with Crippen LogP contribution in [0.3, 0.4) is 0 Å². The molecule has 0 heterocycles. The Kier molecular flexibility index (Phi) is 8.32. The van der Waals surface area contributed by atoms with Gasteiger partial charge in [0.25, 0.3) is 0 Å². The van der Waals surface area contributed by atoms with Crippen LogP contribution in [-0.4, -0.2) is 29.6 Å². The fourth-order valence-corrected chi connectivity index (χ4v) is 4.51. The molecule has 0 amide bonds. The Hall–Kier alpha value is -5.33. The minimum atomic E-state index is -0.447. The van der Waals surface area contributed by atoms with Crippen molar-refractivity contribution in [2.75, 3.05) is 7.11 Å². The van der Waals surface area contributed by atoms with Crippen molar-refractivity contribution in [2.24, 2.45) is 0 Å². The number of methoxy groups -OCH3 is 1. The summed E-state index contributed by atoms with van der Waals surface area (Å²) >= 11 is 0. The number of carbonyl (C=O) groups is 3. The third-order valence-corrected chi connectivity index (χ3v) is 7.36. The van der Waals surface area contributed by atoms with Crippen LogP contribution in [0.15, 0.2) is 121 Å². The molecule has 1 N–H and O–H groups in total. The molecule has 0 aliphatic rings. The summed E-state index contributed by atoms with van der Waals surface area (Å²) in [5.74, 6) is 0.720. The largest absolute Gasteiger partial charge is 0.508 e. The number of carbonyl (C=O) groups excluding carboxylic acids is 3. The van der Waals surface area contributed by atoms with Crippen molar-refractivity contribution in [3.05, 3.63) is 160 Å². The van der Waals surface area contributed by atoms with Crippen molar-refractivity contribution in [1.82, 2.24) is 0 Å². The lowest BCUT2D eigenvalue weighted by atomic mass is 9.94. The van der Waals surface area contributed by atoms with Crippen LogP contribution < -0.4 is 4.74 Å². The first-order chi connectivity index (χ1) is 20.6. The molecular formula is C37H30O6. The second kappa shape index (κ2) is 12.3. The molecule has 6 heteroatoms. The first-order valence-electron chi connectivity index (χ1n) is 13.7. The predicted molar refractivity (Wildman–Crippen MR) is 164 cm³/mol. The lowest BCUT2D eigenvalue weighted by Gasteiger charge is -2.23. The van der Waals surface area contributed by atoms with Crippen LogP contribution in [0.2, 0.25) is 0 Å². The van der Waals surface area contributed by atoms with E-state index in [2.05, 4.69) is 0 Å². The molecule has 0 unspecified atom stereocenters. The highest BCUT2D eigenvalue weighted by Gasteiger charge is 2.20. The normalized spacial score (nSPS) is 11.1. The fraction of sp³-hybridized carbons (Fsp3) is 0.108. The number of phenols is 1. The first-order valence-corrected chi connectivity index (χ1v) is 13.7. The van der Waals surface area contributed by atoms with E-state index in [9.17, 15) is 19.5 Å². The van der Waals surface area contributed by atoms with Gasteiger partial charge in [0.2, 0.25) is 0 Å². The Morgan fingerprint density at radius 3 is 1.09 bits per heavy atom. The molecule has 6 nitrogen and oxygen atoms in total. The van der Waals surface area contributed by atoms with Gasteiger partial charge in [-0.3, -0.25) is 14.4 Å². The molecule has 0 aliphatic heterocycles. The maximum atomic E-state index is 13.1. The molecule has 5 rings (SSSR count). The molecule has 0 radical (unpaired) electrons. The van der Waals surface area contributed by atoms with Gasteiger partial charge in [-0.15, -0.1) is 0 Å². The Morgan fingerprint density at radius 2 is 0.767 bits per heavy atom. The smallest absolute Gasteiger partial charge is 0.193 e. The van der Waals surface area contributed by atoms with Gasteiger partial charge in [-0.1, -0.05) is 48.5 Å². The molecule has 0 aliphatic carbocycles. The Labute approximate surface area is 250 Å². The zero-order valence-electron chi connectivity index (χ0n) is 24.0. The highest BCUT2D eigenvalue weighted by Crippen LogP contribution is 2.26. The number of phenolic OH excluding ortho intramolecular Hbond substituents is 1. The van der Waals surface area contributed by atoms with Crippen molar-refractivity contribution >= 4 is 17.3 Å². The highest BCUT2D eigenvalue weighted by atomic mass is 16.5. The van der Waals surface area contributed by atoms with Gasteiger partial charge in [-0.05, 0) is 92.2 Å². The van der Waals surface area contributed by atoms with Crippen LogP contribution in [0, 0.1) is 0 Å². The molecule has 0 spiro atoms. The third kappa shape index (κ3) is 6.61. The molecule has 5 aromatic carbocycles. The summed E-state index contributed by atoms with van der Waals surface area (Å²) in [4.78, 5) is 38.7. The van der Waals surface area contributed by atoms with E-state index in [4.69, 9.17) is 9.47 Å². The second-order valence-electron chi connectivity index (χ2n) is 10.6. The summed E-state index contributed by atoms with van der Waals surface area (Å²) in [6.07, 6.45) is 0. The summed E-state index contributed by atoms with van der Waals surface area (Å²) < 4.78 is 11.4. The van der Waals surface area contributed by atoms with E-state index in [1.807, 2.05) is 26.0 Å². The fourth-order valence-electron chi connectivity index (χ4n) is 4.51. The highest BCUT2D eigenvalue weighted by molar-refractivity contribution is 6.12. The minimum absolute atomic E-state index is 0.100. The van der Waals surface area contributed by atoms with Crippen LogP contribution in [0.5, 0.6) is 17.2 Å². The number of benzene rings is 5. The zero-order valence-corrected chi connectivity index (χ0v) is 24.0. The standard InChI is InChI=1S/C37H30O6/c1-37(2,42-3)30-16-8-26(9-17-30)34(39)24-4-6-25(7-5-24)35(40)28-12-20-32(21-13-28)43-33-22-14-29(15-23-33)36(41)27-10-18-31(38)19-11-27/h4-23,38H,1-3H3. The summed E-state index contributed by atoms with van der Waals surface area (Å²) in [7, 11) is 1.65. The van der Waals surface area contributed by atoms with Gasteiger partial charge in [0, 0.05) is 40.5 Å². The van der Waals surface area contributed by atoms with Crippen molar-refractivity contribution in [2.45, 2.75) is 19.4 Å². The molecule has 0 bridgehead atoms. The first kappa shape index (κ1) is 29.2. The van der Waals surface area contributed by atoms with Crippen molar-refractivity contribution in [1.29, 1.82) is 0 Å². The van der Waals surface area contributed by atoms with E-state index < -0.39 is 5.60 Å². The van der Waals surface area contributed by atoms with E-state index in [1.54, 1.807) is 104 Å². The molecule has 5 aromatic rings. The van der Waals surface area contributed by atoms with Crippen LogP contribution in [0.1, 0.15) is 67.2 Å². The van der Waals surface area contributed by atoms with Gasteiger partial charge in [-0.2, -0.15) is 0 Å². The molecule has 43 heavy (non-hydrogen) atoms. The van der Waals surface area contributed by atoms with E-state index in [-0.39, 0.29) is 23.1 Å². The summed E-state index contributed by atoms with van der Waals surface area (Å²) in [6.45, 7) is 3.93. The van der Waals surface area contributed by atoms with Gasteiger partial charge in [-0.25, -0.2) is 0 Å². The second-order valence-corrected chi connectivity index (χ2v) is 10.6. The third-order valence-electron chi connectivity index (χ3n) is 7.36. The summed E-state index contributed by atoms with van der Waals surface area (Å²) in [5, 5.41) is 9.42. The van der Waals surface area contributed by atoms with E-state index in [1.165, 1.54) is 12.1 Å². The lowest BCUT2D eigenvalue weighted by Crippen LogP contribution is -2.19. The van der Waals surface area contributed by atoms with Crippen LogP contribution in [-0.2, 0) is 10.3 Å². The van der Waals surface area contributed by atoms with Crippen LogP contribution in [0.25, 0.3) is 0 Å². The van der Waals surface area contributed by atoms with E-state index in [0.717, 1.165) is 5.56 Å². The van der Waals surface area contributed by atoms with Gasteiger partial charge >= 0.3 is 0 Å². The van der Waals surface area contributed by atoms with Crippen molar-refractivity contribution in [3.63, 3.8) is 0 Å². The predicted octanol–water partition coefficient (Wildman–Crippen LogP) is 7.76.